The zero-order chi connectivity index (χ0) is 13.3. The van der Waals surface area contributed by atoms with Crippen LogP contribution in [0.15, 0.2) is 12.3 Å². The highest BCUT2D eigenvalue weighted by atomic mass is 16.4. The highest BCUT2D eigenvalue weighted by Gasteiger charge is 2.38. The number of carboxylic acids is 1. The molecule has 0 radical (unpaired) electrons. The third-order valence-corrected chi connectivity index (χ3v) is 3.48. The maximum absolute atomic E-state index is 11.3. The van der Waals surface area contributed by atoms with E-state index in [2.05, 4.69) is 11.1 Å². The number of aromatic nitrogens is 1. The maximum Gasteiger partial charge on any atom is 0.326 e. The van der Waals surface area contributed by atoms with E-state index in [1.807, 2.05) is 13.8 Å². The number of anilines is 1. The lowest BCUT2D eigenvalue weighted by Crippen LogP contribution is -2.40. The molecular weight excluding hydrogens is 230 g/mol. The molecule has 2 rings (SSSR count). The first-order valence-electron chi connectivity index (χ1n) is 5.91. The third-order valence-electron chi connectivity index (χ3n) is 3.48. The molecule has 5 nitrogen and oxygen atoms in total. The van der Waals surface area contributed by atoms with Gasteiger partial charge < -0.3 is 10.0 Å². The van der Waals surface area contributed by atoms with E-state index >= 15 is 0 Å². The van der Waals surface area contributed by atoms with Crippen molar-refractivity contribution in [1.82, 2.24) is 4.98 Å². The molecule has 5 heteroatoms. The predicted octanol–water partition coefficient (Wildman–Crippen LogP) is 1.56. The van der Waals surface area contributed by atoms with E-state index in [9.17, 15) is 15.2 Å². The Morgan fingerprint density at radius 1 is 1.67 bits per heavy atom. The van der Waals surface area contributed by atoms with Crippen LogP contribution in [0.4, 0.5) is 5.82 Å². The Morgan fingerprint density at radius 2 is 2.39 bits per heavy atom. The molecule has 2 unspecified atom stereocenters. The van der Waals surface area contributed by atoms with Gasteiger partial charge >= 0.3 is 5.97 Å². The fraction of sp³-hybridized carbons (Fsp3) is 0.462. The Bertz CT molecular complexity index is 521. The molecule has 1 aromatic heterocycles. The molecule has 0 aromatic carbocycles. The molecule has 2 atom stereocenters. The second kappa shape index (κ2) is 4.65. The van der Waals surface area contributed by atoms with Gasteiger partial charge in [0.1, 0.15) is 17.9 Å². The topological polar surface area (TPSA) is 77.2 Å². The molecule has 1 aliphatic heterocycles. The van der Waals surface area contributed by atoms with Crippen LogP contribution < -0.4 is 4.90 Å². The normalized spacial score (nSPS) is 22.8. The van der Waals surface area contributed by atoms with Gasteiger partial charge in [0.2, 0.25) is 0 Å². The monoisotopic (exact) mass is 245 g/mol. The number of carbonyl (C=O) groups is 1. The third kappa shape index (κ3) is 1.90. The molecular formula is C13H15N3O2. The van der Waals surface area contributed by atoms with Gasteiger partial charge in [0.25, 0.3) is 0 Å². The van der Waals surface area contributed by atoms with E-state index in [1.165, 1.54) is 0 Å². The minimum Gasteiger partial charge on any atom is -0.480 e. The molecule has 0 spiro atoms. The molecule has 2 heterocycles. The minimum atomic E-state index is -0.854. The van der Waals surface area contributed by atoms with Crippen LogP contribution in [0.25, 0.3) is 0 Å². The number of pyridine rings is 1. The predicted molar refractivity (Wildman–Crippen MR) is 66.2 cm³/mol. The number of aryl methyl sites for hydroxylation is 1. The van der Waals surface area contributed by atoms with Crippen LogP contribution in [-0.4, -0.2) is 28.6 Å². The summed E-state index contributed by atoms with van der Waals surface area (Å²) < 4.78 is 0. The molecule has 1 aromatic rings. The zero-order valence-corrected chi connectivity index (χ0v) is 10.4. The lowest BCUT2D eigenvalue weighted by Gasteiger charge is -2.25. The molecule has 0 bridgehead atoms. The molecule has 94 valence electrons. The second-order valence-corrected chi connectivity index (χ2v) is 4.68. The summed E-state index contributed by atoms with van der Waals surface area (Å²) in [4.78, 5) is 17.3. The summed E-state index contributed by atoms with van der Waals surface area (Å²) in [6.07, 6.45) is 2.42. The van der Waals surface area contributed by atoms with Gasteiger partial charge in [0.05, 0.1) is 5.56 Å². The molecule has 0 amide bonds. The summed E-state index contributed by atoms with van der Waals surface area (Å²) >= 11 is 0. The number of nitriles is 1. The molecule has 1 fully saturated rings. The van der Waals surface area contributed by atoms with E-state index in [4.69, 9.17) is 0 Å². The van der Waals surface area contributed by atoms with Crippen molar-refractivity contribution >= 4 is 11.8 Å². The van der Waals surface area contributed by atoms with Crippen molar-refractivity contribution in [3.05, 3.63) is 23.4 Å². The van der Waals surface area contributed by atoms with Gasteiger partial charge in [-0.3, -0.25) is 0 Å². The molecule has 1 aliphatic rings. The maximum atomic E-state index is 11.3. The van der Waals surface area contributed by atoms with Crippen LogP contribution in [0.2, 0.25) is 0 Å². The van der Waals surface area contributed by atoms with Gasteiger partial charge in [-0.15, -0.1) is 0 Å². The van der Waals surface area contributed by atoms with Crippen LogP contribution in [-0.2, 0) is 4.79 Å². The van der Waals surface area contributed by atoms with Gasteiger partial charge in [0, 0.05) is 12.7 Å². The number of nitrogens with zero attached hydrogens (tertiary/aromatic N) is 3. The van der Waals surface area contributed by atoms with Gasteiger partial charge in [0.15, 0.2) is 0 Å². The molecule has 0 saturated carbocycles. The van der Waals surface area contributed by atoms with Crippen molar-refractivity contribution in [1.29, 1.82) is 5.26 Å². The Balaban J connectivity index is 2.47. The minimum absolute atomic E-state index is 0.0661. The first kappa shape index (κ1) is 12.4. The first-order valence-corrected chi connectivity index (χ1v) is 5.91. The van der Waals surface area contributed by atoms with Crippen LogP contribution in [0, 0.1) is 24.2 Å². The van der Waals surface area contributed by atoms with E-state index in [0.717, 1.165) is 12.0 Å². The summed E-state index contributed by atoms with van der Waals surface area (Å²) in [5.41, 5.74) is 1.30. The average molecular weight is 245 g/mol. The van der Waals surface area contributed by atoms with Crippen LogP contribution in [0.1, 0.15) is 24.5 Å². The lowest BCUT2D eigenvalue weighted by atomic mass is 10.0. The summed E-state index contributed by atoms with van der Waals surface area (Å²) in [6.45, 7) is 4.38. The van der Waals surface area contributed by atoms with Gasteiger partial charge in [-0.1, -0.05) is 6.92 Å². The number of rotatable bonds is 2. The van der Waals surface area contributed by atoms with E-state index in [-0.39, 0.29) is 5.92 Å². The van der Waals surface area contributed by atoms with Crippen molar-refractivity contribution in [2.75, 3.05) is 11.4 Å². The summed E-state index contributed by atoms with van der Waals surface area (Å²) in [6, 6.07) is 3.29. The quantitative estimate of drug-likeness (QED) is 0.855. The standard InChI is InChI=1S/C13H15N3O2/c1-8-3-5-15-12(10(8)7-14)16-6-4-9(2)11(16)13(17)18/h3,5,9,11H,4,6H2,1-2H3,(H,17,18). The Morgan fingerprint density at radius 3 is 3.00 bits per heavy atom. The number of carboxylic acid groups (broad SMARTS) is 1. The van der Waals surface area contributed by atoms with E-state index in [0.29, 0.717) is 17.9 Å². The average Bonchev–Trinajstić information content (AvgIpc) is 2.70. The lowest BCUT2D eigenvalue weighted by molar-refractivity contribution is -0.139. The first-order chi connectivity index (χ1) is 8.56. The van der Waals surface area contributed by atoms with Crippen molar-refractivity contribution in [2.24, 2.45) is 5.92 Å². The highest BCUT2D eigenvalue weighted by Crippen LogP contribution is 2.31. The summed E-state index contributed by atoms with van der Waals surface area (Å²) in [7, 11) is 0. The van der Waals surface area contributed by atoms with E-state index in [1.54, 1.807) is 17.2 Å². The van der Waals surface area contributed by atoms with Crippen LogP contribution in [0.5, 0.6) is 0 Å². The highest BCUT2D eigenvalue weighted by molar-refractivity contribution is 5.80. The van der Waals surface area contributed by atoms with Gasteiger partial charge in [-0.25, -0.2) is 9.78 Å². The summed E-state index contributed by atoms with van der Waals surface area (Å²) in [5, 5.41) is 18.5. The van der Waals surface area contributed by atoms with E-state index < -0.39 is 12.0 Å². The Kier molecular flexibility index (Phi) is 3.19. The Hall–Kier alpha value is -2.09. The largest absolute Gasteiger partial charge is 0.480 e. The molecule has 1 saturated heterocycles. The van der Waals surface area contributed by atoms with Gasteiger partial charge in [-0.2, -0.15) is 5.26 Å². The van der Waals surface area contributed by atoms with Crippen molar-refractivity contribution < 1.29 is 9.90 Å². The van der Waals surface area contributed by atoms with Gasteiger partial charge in [-0.05, 0) is 30.9 Å². The zero-order valence-electron chi connectivity index (χ0n) is 10.4. The van der Waals surface area contributed by atoms with Crippen molar-refractivity contribution in [2.45, 2.75) is 26.3 Å². The number of hydrogen-bond acceptors (Lipinski definition) is 4. The number of aliphatic carboxylic acids is 1. The Labute approximate surface area is 106 Å². The molecule has 1 N–H and O–H groups in total. The molecule has 0 aliphatic carbocycles. The van der Waals surface area contributed by atoms with Crippen molar-refractivity contribution in [3.63, 3.8) is 0 Å². The fourth-order valence-corrected chi connectivity index (χ4v) is 2.46. The van der Waals surface area contributed by atoms with Crippen LogP contribution in [0.3, 0.4) is 0 Å². The fourth-order valence-electron chi connectivity index (χ4n) is 2.46. The second-order valence-electron chi connectivity index (χ2n) is 4.68. The van der Waals surface area contributed by atoms with Crippen molar-refractivity contribution in [3.8, 4) is 6.07 Å². The smallest absolute Gasteiger partial charge is 0.326 e. The summed E-state index contributed by atoms with van der Waals surface area (Å²) in [5.74, 6) is -0.294. The molecule has 18 heavy (non-hydrogen) atoms. The number of hydrogen-bond donors (Lipinski definition) is 1. The van der Waals surface area contributed by atoms with Crippen LogP contribution >= 0.6 is 0 Å². The SMILES string of the molecule is Cc1ccnc(N2CCC(C)C2C(=O)O)c1C#N.